The van der Waals surface area contributed by atoms with E-state index in [0.717, 1.165) is 11.3 Å². The summed E-state index contributed by atoms with van der Waals surface area (Å²) in [5.74, 6) is 0.866. The number of likely N-dealkylation sites (tertiary alicyclic amines) is 1. The van der Waals surface area contributed by atoms with Crippen molar-refractivity contribution in [2.24, 2.45) is 18.9 Å². The Morgan fingerprint density at radius 3 is 2.33 bits per heavy atom. The van der Waals surface area contributed by atoms with E-state index in [-0.39, 0.29) is 17.9 Å². The van der Waals surface area contributed by atoms with Gasteiger partial charge in [0.15, 0.2) is 0 Å². The molecule has 2 fully saturated rings. The number of esters is 1. The van der Waals surface area contributed by atoms with Gasteiger partial charge in [0.2, 0.25) is 0 Å². The minimum atomic E-state index is -0.583. The Bertz CT molecular complexity index is 936. The second-order valence-electron chi connectivity index (χ2n) is 8.37. The lowest BCUT2D eigenvalue weighted by Crippen LogP contribution is -2.42. The maximum Gasteiger partial charge on any atom is 0.337 e. The first-order valence-corrected chi connectivity index (χ1v) is 10.3. The van der Waals surface area contributed by atoms with Crippen molar-refractivity contribution in [3.05, 3.63) is 53.3 Å². The molecule has 1 aromatic carbocycles. The number of aromatic nitrogens is 1. The summed E-state index contributed by atoms with van der Waals surface area (Å²) in [5.41, 5.74) is 2.16. The first kappa shape index (κ1) is 20.5. The van der Waals surface area contributed by atoms with E-state index >= 15 is 0 Å². The molecular formula is C23H28N2O5. The molecule has 1 saturated heterocycles. The van der Waals surface area contributed by atoms with Crippen LogP contribution in [0.5, 0.6) is 5.75 Å². The Morgan fingerprint density at radius 1 is 1.07 bits per heavy atom. The monoisotopic (exact) mass is 412 g/mol. The molecular weight excluding hydrogens is 384 g/mol. The van der Waals surface area contributed by atoms with E-state index in [1.54, 1.807) is 24.3 Å². The number of aliphatic hydroxyl groups is 1. The van der Waals surface area contributed by atoms with Crippen LogP contribution >= 0.6 is 0 Å². The van der Waals surface area contributed by atoms with Crippen LogP contribution in [0.4, 0.5) is 0 Å². The molecule has 1 aliphatic carbocycles. The summed E-state index contributed by atoms with van der Waals surface area (Å²) < 4.78 is 12.7. The van der Waals surface area contributed by atoms with Crippen molar-refractivity contribution in [2.75, 3.05) is 20.2 Å². The van der Waals surface area contributed by atoms with Crippen LogP contribution in [-0.4, -0.2) is 58.9 Å². The number of aliphatic hydroxyl groups excluding tert-OH is 1. The minimum absolute atomic E-state index is 0.0628. The largest absolute Gasteiger partial charge is 0.488 e. The zero-order chi connectivity index (χ0) is 21.4. The molecule has 0 spiro atoms. The van der Waals surface area contributed by atoms with Crippen molar-refractivity contribution in [3.8, 4) is 5.75 Å². The number of amides is 1. The minimum Gasteiger partial charge on any atom is -0.488 e. The molecule has 0 radical (unpaired) electrons. The molecule has 7 heteroatoms. The molecule has 1 N–H and O–H groups in total. The predicted molar refractivity (Wildman–Crippen MR) is 110 cm³/mol. The fourth-order valence-electron chi connectivity index (χ4n) is 4.65. The van der Waals surface area contributed by atoms with Gasteiger partial charge in [-0.15, -0.1) is 0 Å². The van der Waals surface area contributed by atoms with Crippen molar-refractivity contribution in [3.63, 3.8) is 0 Å². The van der Waals surface area contributed by atoms with Gasteiger partial charge in [-0.2, -0.15) is 0 Å². The summed E-state index contributed by atoms with van der Waals surface area (Å²) in [5, 5.41) is 10.6. The van der Waals surface area contributed by atoms with Crippen LogP contribution in [0.25, 0.3) is 0 Å². The van der Waals surface area contributed by atoms with Gasteiger partial charge in [0.05, 0.1) is 24.3 Å². The average molecular weight is 412 g/mol. The van der Waals surface area contributed by atoms with E-state index in [1.165, 1.54) is 7.11 Å². The number of aryl methyl sites for hydroxylation is 1. The van der Waals surface area contributed by atoms with Gasteiger partial charge in [-0.05, 0) is 61.9 Å². The number of hydrogen-bond acceptors (Lipinski definition) is 5. The molecule has 30 heavy (non-hydrogen) atoms. The van der Waals surface area contributed by atoms with Crippen molar-refractivity contribution < 1.29 is 24.2 Å². The van der Waals surface area contributed by atoms with Gasteiger partial charge in [0, 0.05) is 32.0 Å². The molecule has 2 heterocycles. The van der Waals surface area contributed by atoms with E-state index in [4.69, 9.17) is 9.47 Å². The summed E-state index contributed by atoms with van der Waals surface area (Å²) in [7, 11) is 3.28. The highest BCUT2D eigenvalue weighted by Gasteiger charge is 2.44. The lowest BCUT2D eigenvalue weighted by molar-refractivity contribution is -0.0231. The van der Waals surface area contributed by atoms with Gasteiger partial charge in [0.1, 0.15) is 11.9 Å². The van der Waals surface area contributed by atoms with Crippen molar-refractivity contribution in [2.45, 2.75) is 32.0 Å². The van der Waals surface area contributed by atoms with Crippen molar-refractivity contribution >= 4 is 11.9 Å². The highest BCUT2D eigenvalue weighted by Crippen LogP contribution is 2.38. The molecule has 4 rings (SSSR count). The summed E-state index contributed by atoms with van der Waals surface area (Å²) in [6.07, 6.45) is 2.31. The van der Waals surface area contributed by atoms with Crippen LogP contribution in [0.1, 0.15) is 39.3 Å². The van der Waals surface area contributed by atoms with Crippen LogP contribution < -0.4 is 4.74 Å². The van der Waals surface area contributed by atoms with E-state index in [1.807, 2.05) is 35.7 Å². The van der Waals surface area contributed by atoms with Crippen molar-refractivity contribution in [1.29, 1.82) is 0 Å². The van der Waals surface area contributed by atoms with Crippen LogP contribution in [0.2, 0.25) is 0 Å². The molecule has 1 amide bonds. The second kappa shape index (κ2) is 8.14. The Labute approximate surface area is 176 Å². The normalized spacial score (nSPS) is 25.7. The Hall–Kier alpha value is -2.80. The molecule has 2 aromatic rings. The Kier molecular flexibility index (Phi) is 5.56. The third-order valence-electron chi connectivity index (χ3n) is 6.55. The zero-order valence-corrected chi connectivity index (χ0v) is 17.6. The number of ether oxygens (including phenoxy) is 2. The number of hydrogen-bond donors (Lipinski definition) is 1. The summed E-state index contributed by atoms with van der Waals surface area (Å²) in [6, 6.07) is 8.61. The van der Waals surface area contributed by atoms with Crippen LogP contribution in [-0.2, 0) is 11.8 Å². The lowest BCUT2D eigenvalue weighted by Gasteiger charge is -2.35. The van der Waals surface area contributed by atoms with E-state index in [2.05, 4.69) is 0 Å². The molecule has 4 atom stereocenters. The van der Waals surface area contributed by atoms with Gasteiger partial charge < -0.3 is 24.0 Å². The molecule has 1 saturated carbocycles. The van der Waals surface area contributed by atoms with Crippen LogP contribution in [0.3, 0.4) is 0 Å². The molecule has 1 aromatic heterocycles. The first-order valence-electron chi connectivity index (χ1n) is 10.3. The molecule has 1 aliphatic heterocycles. The smallest absolute Gasteiger partial charge is 0.337 e. The number of rotatable bonds is 4. The standard InChI is InChI=1S/C23H28N2O5/c1-14-19(8-9-24(14)2)22(27)25-12-16-10-20(26)21(11-17(16)13-25)30-18-6-4-15(5-7-18)23(28)29-3/h4-9,16-17,20-21,26H,10-13H2,1-3H3/t16-,17+,20+,21+/m0/s1. The molecule has 0 bridgehead atoms. The van der Waals surface area contributed by atoms with E-state index in [9.17, 15) is 14.7 Å². The zero-order valence-electron chi connectivity index (χ0n) is 17.6. The molecule has 160 valence electrons. The quantitative estimate of drug-likeness (QED) is 0.780. The van der Waals surface area contributed by atoms with Crippen LogP contribution in [0.15, 0.2) is 36.5 Å². The topological polar surface area (TPSA) is 81.0 Å². The van der Waals surface area contributed by atoms with Gasteiger partial charge in [-0.25, -0.2) is 4.79 Å². The Balaban J connectivity index is 1.40. The van der Waals surface area contributed by atoms with Gasteiger partial charge in [-0.1, -0.05) is 0 Å². The maximum absolute atomic E-state index is 13.0. The fraction of sp³-hybridized carbons (Fsp3) is 0.478. The number of benzene rings is 1. The average Bonchev–Trinajstić information content (AvgIpc) is 3.30. The number of fused-ring (bicyclic) bond motifs is 1. The number of nitrogens with zero attached hydrogens (tertiary/aromatic N) is 2. The first-order chi connectivity index (χ1) is 14.4. The van der Waals surface area contributed by atoms with Gasteiger partial charge in [-0.3, -0.25) is 4.79 Å². The summed E-state index contributed by atoms with van der Waals surface area (Å²) in [4.78, 5) is 26.5. The molecule has 2 aliphatic rings. The third-order valence-corrected chi connectivity index (χ3v) is 6.55. The lowest BCUT2D eigenvalue weighted by atomic mass is 9.78. The van der Waals surface area contributed by atoms with Crippen LogP contribution in [0, 0.1) is 18.8 Å². The highest BCUT2D eigenvalue weighted by atomic mass is 16.5. The number of carbonyl (C=O) groups excluding carboxylic acids is 2. The number of methoxy groups -OCH3 is 1. The van der Waals surface area contributed by atoms with Gasteiger partial charge in [0.25, 0.3) is 5.91 Å². The number of carbonyl (C=O) groups is 2. The SMILES string of the molecule is COC(=O)c1ccc(O[C@@H]2C[C@@H]3CN(C(=O)c4ccn(C)c4C)C[C@@H]3C[C@H]2O)cc1. The van der Waals surface area contributed by atoms with Crippen molar-refractivity contribution in [1.82, 2.24) is 9.47 Å². The molecule has 7 nitrogen and oxygen atoms in total. The third kappa shape index (κ3) is 3.81. The fourth-order valence-corrected chi connectivity index (χ4v) is 4.65. The van der Waals surface area contributed by atoms with E-state index < -0.39 is 12.1 Å². The maximum atomic E-state index is 13.0. The summed E-state index contributed by atoms with van der Waals surface area (Å²) in [6.45, 7) is 3.32. The Morgan fingerprint density at radius 2 is 1.73 bits per heavy atom. The van der Waals surface area contributed by atoms with Gasteiger partial charge >= 0.3 is 5.97 Å². The highest BCUT2D eigenvalue weighted by molar-refractivity contribution is 5.95. The second-order valence-corrected chi connectivity index (χ2v) is 8.37. The predicted octanol–water partition coefficient (Wildman–Crippen LogP) is 2.41. The van der Waals surface area contributed by atoms with E-state index in [0.29, 0.717) is 43.2 Å². The molecule has 0 unspecified atom stereocenters. The summed E-state index contributed by atoms with van der Waals surface area (Å²) >= 11 is 0.